The van der Waals surface area contributed by atoms with Gasteiger partial charge in [-0.05, 0) is 38.6 Å². The van der Waals surface area contributed by atoms with Gasteiger partial charge in [0.25, 0.3) is 0 Å². The molecule has 1 aromatic rings. The van der Waals surface area contributed by atoms with Gasteiger partial charge in [-0.1, -0.05) is 5.10 Å². The van der Waals surface area contributed by atoms with Crippen molar-refractivity contribution in [1.29, 1.82) is 0 Å². The summed E-state index contributed by atoms with van der Waals surface area (Å²) in [4.78, 5) is 0. The maximum absolute atomic E-state index is 5.54. The summed E-state index contributed by atoms with van der Waals surface area (Å²) in [7, 11) is 3.61. The molecule has 1 fully saturated rings. The van der Waals surface area contributed by atoms with E-state index in [0.717, 1.165) is 19.6 Å². The minimum atomic E-state index is 0.0800. The summed E-state index contributed by atoms with van der Waals surface area (Å²) < 4.78 is 10.7. The monoisotopic (exact) mass is 254 g/mol. The van der Waals surface area contributed by atoms with E-state index >= 15 is 0 Å². The van der Waals surface area contributed by atoms with Crippen LogP contribution in [-0.2, 0) is 4.74 Å². The Kier molecular flexibility index (Phi) is 4.19. The highest BCUT2D eigenvalue weighted by atomic mass is 16.5. The van der Waals surface area contributed by atoms with E-state index in [1.165, 1.54) is 12.8 Å². The first kappa shape index (κ1) is 13.3. The van der Waals surface area contributed by atoms with Crippen molar-refractivity contribution < 1.29 is 9.15 Å². The van der Waals surface area contributed by atoms with Crippen LogP contribution in [0.25, 0.3) is 0 Å². The van der Waals surface area contributed by atoms with Crippen molar-refractivity contribution in [2.75, 3.05) is 32.6 Å². The summed E-state index contributed by atoms with van der Waals surface area (Å²) in [5.41, 5.74) is 0.374. The van der Waals surface area contributed by atoms with Gasteiger partial charge in [-0.2, -0.15) is 0 Å². The van der Waals surface area contributed by atoms with E-state index in [2.05, 4.69) is 20.8 Å². The minimum Gasteiger partial charge on any atom is -0.406 e. The summed E-state index contributed by atoms with van der Waals surface area (Å²) in [6.45, 7) is 3.68. The lowest BCUT2D eigenvalue weighted by Gasteiger charge is -2.13. The first-order valence-electron chi connectivity index (χ1n) is 6.42. The van der Waals surface area contributed by atoms with Gasteiger partial charge >= 0.3 is 6.01 Å². The van der Waals surface area contributed by atoms with Gasteiger partial charge in [0.2, 0.25) is 5.89 Å². The number of nitrogens with zero attached hydrogens (tertiary/aromatic N) is 2. The predicted molar refractivity (Wildman–Crippen MR) is 68.4 cm³/mol. The van der Waals surface area contributed by atoms with E-state index in [1.54, 1.807) is 7.11 Å². The molecule has 6 nitrogen and oxygen atoms in total. The Hall–Kier alpha value is -1.14. The molecular weight excluding hydrogens is 232 g/mol. The van der Waals surface area contributed by atoms with E-state index in [-0.39, 0.29) is 6.04 Å². The highest BCUT2D eigenvalue weighted by Gasteiger charge is 2.42. The van der Waals surface area contributed by atoms with Crippen LogP contribution in [0.2, 0.25) is 0 Å². The molecule has 1 unspecified atom stereocenters. The number of aromatic nitrogens is 2. The highest BCUT2D eigenvalue weighted by Crippen LogP contribution is 2.48. The summed E-state index contributed by atoms with van der Waals surface area (Å²) >= 11 is 0. The molecule has 0 amide bonds. The van der Waals surface area contributed by atoms with E-state index < -0.39 is 0 Å². The third kappa shape index (κ3) is 3.20. The van der Waals surface area contributed by atoms with E-state index in [0.29, 0.717) is 17.3 Å². The fourth-order valence-corrected chi connectivity index (χ4v) is 1.88. The number of hydrogen-bond donors (Lipinski definition) is 2. The molecule has 0 spiro atoms. The lowest BCUT2D eigenvalue weighted by molar-refractivity contribution is 0.174. The van der Waals surface area contributed by atoms with Gasteiger partial charge in [-0.15, -0.1) is 5.10 Å². The topological polar surface area (TPSA) is 72.2 Å². The second kappa shape index (κ2) is 5.67. The van der Waals surface area contributed by atoms with Crippen LogP contribution in [0.5, 0.6) is 0 Å². The summed E-state index contributed by atoms with van der Waals surface area (Å²) in [5, 5.41) is 14.3. The molecule has 1 aromatic heterocycles. The zero-order valence-corrected chi connectivity index (χ0v) is 11.3. The van der Waals surface area contributed by atoms with Gasteiger partial charge in [0, 0.05) is 20.3 Å². The highest BCUT2D eigenvalue weighted by molar-refractivity contribution is 5.20. The molecule has 0 bridgehead atoms. The zero-order chi connectivity index (χ0) is 13.0. The quantitative estimate of drug-likeness (QED) is 0.734. The number of ether oxygens (including phenoxy) is 1. The first-order chi connectivity index (χ1) is 8.69. The summed E-state index contributed by atoms with van der Waals surface area (Å²) in [6, 6.07) is 0.590. The Morgan fingerprint density at radius 2 is 2.22 bits per heavy atom. The van der Waals surface area contributed by atoms with Crippen LogP contribution < -0.4 is 10.6 Å². The number of hydrogen-bond acceptors (Lipinski definition) is 6. The third-order valence-corrected chi connectivity index (χ3v) is 3.65. The largest absolute Gasteiger partial charge is 0.406 e. The van der Waals surface area contributed by atoms with E-state index in [9.17, 15) is 0 Å². The molecule has 1 heterocycles. The summed E-state index contributed by atoms with van der Waals surface area (Å²) in [5.74, 6) is 0.613. The van der Waals surface area contributed by atoms with Crippen LogP contribution >= 0.6 is 0 Å². The van der Waals surface area contributed by atoms with Gasteiger partial charge in [-0.3, -0.25) is 0 Å². The second-order valence-electron chi connectivity index (χ2n) is 5.05. The third-order valence-electron chi connectivity index (χ3n) is 3.65. The van der Waals surface area contributed by atoms with Crippen LogP contribution in [0, 0.1) is 5.41 Å². The molecule has 18 heavy (non-hydrogen) atoms. The van der Waals surface area contributed by atoms with Crippen LogP contribution in [-0.4, -0.2) is 37.5 Å². The molecule has 102 valence electrons. The fraction of sp³-hybridized carbons (Fsp3) is 0.833. The van der Waals surface area contributed by atoms with Crippen molar-refractivity contribution in [1.82, 2.24) is 15.5 Å². The standard InChI is InChI=1S/C12H22N4O2/c1-9(13-2)10-15-16-11(18-10)14-8-12(4-5-12)6-7-17-3/h9,13H,4-8H2,1-3H3,(H,14,16). The normalized spacial score (nSPS) is 18.6. The van der Waals surface area contributed by atoms with Crippen LogP contribution in [0.3, 0.4) is 0 Å². The Morgan fingerprint density at radius 1 is 1.44 bits per heavy atom. The predicted octanol–water partition coefficient (Wildman–Crippen LogP) is 1.58. The fourth-order valence-electron chi connectivity index (χ4n) is 1.88. The molecule has 0 aromatic carbocycles. The number of methoxy groups -OCH3 is 1. The second-order valence-corrected chi connectivity index (χ2v) is 5.05. The molecule has 0 aliphatic heterocycles. The summed E-state index contributed by atoms with van der Waals surface area (Å²) in [6.07, 6.45) is 3.58. The van der Waals surface area contributed by atoms with Crippen molar-refractivity contribution in [3.8, 4) is 0 Å². The van der Waals surface area contributed by atoms with Crippen molar-refractivity contribution >= 4 is 6.01 Å². The van der Waals surface area contributed by atoms with Crippen molar-refractivity contribution in [3.05, 3.63) is 5.89 Å². The van der Waals surface area contributed by atoms with Crippen LogP contribution in [0.15, 0.2) is 4.42 Å². The lowest BCUT2D eigenvalue weighted by Crippen LogP contribution is -2.17. The molecule has 0 saturated heterocycles. The maximum atomic E-state index is 5.54. The van der Waals surface area contributed by atoms with Crippen LogP contribution in [0.1, 0.15) is 38.1 Å². The Labute approximate surface area is 107 Å². The van der Waals surface area contributed by atoms with Gasteiger partial charge in [0.05, 0.1) is 6.04 Å². The first-order valence-corrected chi connectivity index (χ1v) is 6.42. The molecule has 6 heteroatoms. The zero-order valence-electron chi connectivity index (χ0n) is 11.3. The van der Waals surface area contributed by atoms with E-state index in [1.807, 2.05) is 14.0 Å². The molecule has 2 N–H and O–H groups in total. The SMILES string of the molecule is CNC(C)c1nnc(NCC2(CCOC)CC2)o1. The lowest BCUT2D eigenvalue weighted by atomic mass is 10.0. The van der Waals surface area contributed by atoms with Crippen molar-refractivity contribution in [3.63, 3.8) is 0 Å². The van der Waals surface area contributed by atoms with Crippen molar-refractivity contribution in [2.24, 2.45) is 5.41 Å². The van der Waals surface area contributed by atoms with Crippen molar-refractivity contribution in [2.45, 2.75) is 32.2 Å². The minimum absolute atomic E-state index is 0.0800. The smallest absolute Gasteiger partial charge is 0.315 e. The molecule has 0 radical (unpaired) electrons. The number of nitrogens with one attached hydrogen (secondary N) is 2. The Bertz CT molecular complexity index is 376. The maximum Gasteiger partial charge on any atom is 0.315 e. The number of anilines is 1. The van der Waals surface area contributed by atoms with Gasteiger partial charge < -0.3 is 19.8 Å². The molecule has 1 aliphatic rings. The molecule has 1 saturated carbocycles. The molecular formula is C12H22N4O2. The average molecular weight is 254 g/mol. The van der Waals surface area contributed by atoms with Gasteiger partial charge in [-0.25, -0.2) is 0 Å². The Balaban J connectivity index is 1.81. The van der Waals surface area contributed by atoms with E-state index in [4.69, 9.17) is 9.15 Å². The van der Waals surface area contributed by atoms with Crippen LogP contribution in [0.4, 0.5) is 6.01 Å². The molecule has 1 aliphatic carbocycles. The van der Waals surface area contributed by atoms with Gasteiger partial charge in [0.15, 0.2) is 0 Å². The molecule has 1 atom stereocenters. The van der Waals surface area contributed by atoms with Gasteiger partial charge in [0.1, 0.15) is 0 Å². The average Bonchev–Trinajstić information content (AvgIpc) is 3.01. The Morgan fingerprint density at radius 3 is 2.83 bits per heavy atom. The molecule has 2 rings (SSSR count). The number of rotatable bonds is 8.